The van der Waals surface area contributed by atoms with Crippen molar-refractivity contribution >= 4 is 57.9 Å². The first-order valence-electron chi connectivity index (χ1n) is 13.6. The number of nitrogens with zero attached hydrogens (tertiary/aromatic N) is 1. The van der Waals surface area contributed by atoms with Crippen molar-refractivity contribution < 1.29 is 28.6 Å². The fourth-order valence-electron chi connectivity index (χ4n) is 4.65. The Balaban J connectivity index is 1.48. The highest BCUT2D eigenvalue weighted by Gasteiger charge is 2.36. The lowest BCUT2D eigenvalue weighted by molar-refractivity contribution is -0.130. The Morgan fingerprint density at radius 2 is 1.67 bits per heavy atom. The van der Waals surface area contributed by atoms with Gasteiger partial charge in [-0.3, -0.25) is 19.8 Å². The number of rotatable bonds is 10. The van der Waals surface area contributed by atoms with E-state index in [1.54, 1.807) is 42.5 Å². The van der Waals surface area contributed by atoms with Crippen molar-refractivity contribution in [2.45, 2.75) is 26.5 Å². The van der Waals surface area contributed by atoms with Gasteiger partial charge in [0.05, 0.1) is 20.3 Å². The lowest BCUT2D eigenvalue weighted by Crippen LogP contribution is -2.53. The molecule has 1 aliphatic rings. The number of fused-ring (bicyclic) bond motifs is 1. The maximum Gasteiger partial charge on any atom is 0.331 e. The van der Waals surface area contributed by atoms with Gasteiger partial charge < -0.3 is 14.2 Å². The van der Waals surface area contributed by atoms with E-state index in [1.165, 1.54) is 13.2 Å². The minimum absolute atomic E-state index is 0.0896. The second-order valence-electron chi connectivity index (χ2n) is 9.77. The molecular formula is C33H28Cl2N2O6. The molecule has 1 heterocycles. The van der Waals surface area contributed by atoms with Crippen molar-refractivity contribution in [1.82, 2.24) is 10.2 Å². The summed E-state index contributed by atoms with van der Waals surface area (Å²) in [5.74, 6) is -0.0817. The van der Waals surface area contributed by atoms with Crippen molar-refractivity contribution in [2.75, 3.05) is 13.7 Å². The third kappa shape index (κ3) is 6.61. The minimum Gasteiger partial charge on any atom is -0.493 e. The monoisotopic (exact) mass is 618 g/mol. The van der Waals surface area contributed by atoms with E-state index < -0.39 is 17.8 Å². The van der Waals surface area contributed by atoms with Crippen LogP contribution in [-0.4, -0.2) is 36.5 Å². The van der Waals surface area contributed by atoms with Gasteiger partial charge in [0.25, 0.3) is 11.8 Å². The number of ether oxygens (including phenoxy) is 3. The van der Waals surface area contributed by atoms with Crippen LogP contribution >= 0.6 is 23.2 Å². The summed E-state index contributed by atoms with van der Waals surface area (Å²) in [5.41, 5.74) is 1.63. The predicted molar refractivity (Wildman–Crippen MR) is 166 cm³/mol. The van der Waals surface area contributed by atoms with Crippen molar-refractivity contribution in [3.05, 3.63) is 105 Å². The van der Waals surface area contributed by atoms with Gasteiger partial charge in [-0.05, 0) is 59.2 Å². The van der Waals surface area contributed by atoms with E-state index >= 15 is 0 Å². The Labute approximate surface area is 258 Å². The summed E-state index contributed by atoms with van der Waals surface area (Å²) in [6, 6.07) is 20.6. The van der Waals surface area contributed by atoms with Crippen LogP contribution in [0.3, 0.4) is 0 Å². The van der Waals surface area contributed by atoms with Gasteiger partial charge in [0, 0.05) is 21.2 Å². The smallest absolute Gasteiger partial charge is 0.331 e. The molecule has 4 aromatic rings. The highest BCUT2D eigenvalue weighted by atomic mass is 35.5. The Morgan fingerprint density at radius 3 is 2.44 bits per heavy atom. The molecule has 10 heteroatoms. The number of benzene rings is 4. The lowest BCUT2D eigenvalue weighted by atomic mass is 9.99. The molecule has 0 spiro atoms. The van der Waals surface area contributed by atoms with Crippen LogP contribution in [0.1, 0.15) is 30.0 Å². The third-order valence-corrected chi connectivity index (χ3v) is 7.42. The minimum atomic E-state index is -0.816. The molecule has 0 atom stereocenters. The molecule has 1 saturated heterocycles. The fourth-order valence-corrected chi connectivity index (χ4v) is 5.11. The first kappa shape index (κ1) is 29.9. The van der Waals surface area contributed by atoms with Gasteiger partial charge in [0.2, 0.25) is 0 Å². The maximum atomic E-state index is 13.7. The number of carbonyl (C=O) groups is 3. The average molecular weight is 620 g/mol. The van der Waals surface area contributed by atoms with Crippen LogP contribution in [0.2, 0.25) is 10.0 Å². The van der Waals surface area contributed by atoms with E-state index in [-0.39, 0.29) is 18.7 Å². The summed E-state index contributed by atoms with van der Waals surface area (Å²) in [6.07, 6.45) is 2.29. The summed E-state index contributed by atoms with van der Waals surface area (Å²) in [6.45, 7) is 2.55. The molecule has 0 bridgehead atoms. The van der Waals surface area contributed by atoms with E-state index in [0.717, 1.165) is 22.1 Å². The Bertz CT molecular complexity index is 1750. The highest BCUT2D eigenvalue weighted by Crippen LogP contribution is 2.33. The van der Waals surface area contributed by atoms with Crippen LogP contribution in [0, 0.1) is 0 Å². The molecule has 4 amide bonds. The number of hydrogen-bond donors (Lipinski definition) is 1. The summed E-state index contributed by atoms with van der Waals surface area (Å²) < 4.78 is 17.3. The number of imide groups is 2. The topological polar surface area (TPSA) is 94.2 Å². The molecule has 1 aliphatic heterocycles. The van der Waals surface area contributed by atoms with Crippen LogP contribution in [0.4, 0.5) is 4.79 Å². The quantitative estimate of drug-likeness (QED) is 0.149. The van der Waals surface area contributed by atoms with Gasteiger partial charge >= 0.3 is 6.03 Å². The fraction of sp³-hybridized carbons (Fsp3) is 0.182. The van der Waals surface area contributed by atoms with Crippen molar-refractivity contribution in [3.8, 4) is 17.2 Å². The molecule has 43 heavy (non-hydrogen) atoms. The number of methoxy groups -OCH3 is 1. The van der Waals surface area contributed by atoms with Crippen molar-refractivity contribution in [1.29, 1.82) is 0 Å². The molecule has 0 aliphatic carbocycles. The molecule has 4 aromatic carbocycles. The molecule has 5 rings (SSSR count). The average Bonchev–Trinajstić information content (AvgIpc) is 3.00. The summed E-state index contributed by atoms with van der Waals surface area (Å²) in [5, 5.41) is 4.87. The van der Waals surface area contributed by atoms with E-state index in [9.17, 15) is 14.4 Å². The van der Waals surface area contributed by atoms with Crippen LogP contribution in [0.5, 0.6) is 17.2 Å². The second-order valence-corrected chi connectivity index (χ2v) is 10.6. The Hall–Kier alpha value is -4.53. The van der Waals surface area contributed by atoms with Gasteiger partial charge in [0.1, 0.15) is 17.9 Å². The normalized spacial score (nSPS) is 14.3. The zero-order valence-electron chi connectivity index (χ0n) is 23.5. The second kappa shape index (κ2) is 13.2. The third-order valence-electron chi connectivity index (χ3n) is 6.83. The number of hydrogen-bond acceptors (Lipinski definition) is 6. The number of halogens is 2. The van der Waals surface area contributed by atoms with E-state index in [2.05, 4.69) is 5.32 Å². The number of nitrogens with one attached hydrogen (secondary N) is 1. The predicted octanol–water partition coefficient (Wildman–Crippen LogP) is 7.19. The van der Waals surface area contributed by atoms with Gasteiger partial charge in [-0.15, -0.1) is 0 Å². The van der Waals surface area contributed by atoms with Crippen LogP contribution in [0.15, 0.2) is 78.4 Å². The molecule has 8 nitrogen and oxygen atoms in total. The van der Waals surface area contributed by atoms with Crippen molar-refractivity contribution in [3.63, 3.8) is 0 Å². The number of urea groups is 1. The van der Waals surface area contributed by atoms with E-state index in [4.69, 9.17) is 37.4 Å². The lowest BCUT2D eigenvalue weighted by Gasteiger charge is -2.27. The largest absolute Gasteiger partial charge is 0.493 e. The van der Waals surface area contributed by atoms with E-state index in [0.29, 0.717) is 50.6 Å². The standard InChI is InChI=1S/C33H28Cl2N2O6/c1-3-14-42-29-12-8-20(15-30(29)41-2)18-37-32(39)26(31(38)36-33(37)40)17-25-24-7-5-4-6-21(24)10-13-28(25)43-19-22-9-11-23(34)16-27(22)35/h4-13,15-17H,3,14,18-19H2,1-2H3,(H,36,38,40)/b26-17+. The maximum absolute atomic E-state index is 13.7. The number of amides is 4. The van der Waals surface area contributed by atoms with Crippen LogP contribution in [0.25, 0.3) is 16.8 Å². The Morgan fingerprint density at radius 1 is 0.884 bits per heavy atom. The van der Waals surface area contributed by atoms with Crippen LogP contribution in [-0.2, 0) is 22.7 Å². The Kier molecular flexibility index (Phi) is 9.19. The van der Waals surface area contributed by atoms with Gasteiger partial charge in [-0.2, -0.15) is 0 Å². The zero-order valence-corrected chi connectivity index (χ0v) is 25.0. The number of barbiturate groups is 1. The van der Waals surface area contributed by atoms with Crippen LogP contribution < -0.4 is 19.5 Å². The van der Waals surface area contributed by atoms with Gasteiger partial charge in [-0.1, -0.05) is 72.6 Å². The zero-order chi connectivity index (χ0) is 30.5. The molecule has 0 aromatic heterocycles. The molecule has 0 radical (unpaired) electrons. The summed E-state index contributed by atoms with van der Waals surface area (Å²) in [7, 11) is 1.51. The van der Waals surface area contributed by atoms with Gasteiger partial charge in [-0.25, -0.2) is 4.79 Å². The summed E-state index contributed by atoms with van der Waals surface area (Å²) >= 11 is 12.4. The van der Waals surface area contributed by atoms with Crippen molar-refractivity contribution in [2.24, 2.45) is 0 Å². The molecular weight excluding hydrogens is 591 g/mol. The van der Waals surface area contributed by atoms with E-state index in [1.807, 2.05) is 37.3 Å². The highest BCUT2D eigenvalue weighted by molar-refractivity contribution is 6.35. The first-order valence-corrected chi connectivity index (χ1v) is 14.3. The molecule has 220 valence electrons. The molecule has 0 unspecified atom stereocenters. The molecule has 1 N–H and O–H groups in total. The SMILES string of the molecule is CCCOc1ccc(CN2C(=O)NC(=O)/C(=C\c3c(OCc4ccc(Cl)cc4Cl)ccc4ccccc34)C2=O)cc1OC. The first-order chi connectivity index (χ1) is 20.8. The summed E-state index contributed by atoms with van der Waals surface area (Å²) in [4.78, 5) is 40.5. The molecule has 1 fully saturated rings. The molecule has 0 saturated carbocycles. The van der Waals surface area contributed by atoms with Gasteiger partial charge in [0.15, 0.2) is 11.5 Å². The number of carbonyl (C=O) groups excluding carboxylic acids is 3.